The Morgan fingerprint density at radius 1 is 1.47 bits per heavy atom. The Morgan fingerprint density at radius 3 is 2.65 bits per heavy atom. The molecular weight excluding hydrogens is 216 g/mol. The monoisotopic (exact) mass is 240 g/mol. The van der Waals surface area contributed by atoms with Crippen LogP contribution in [0, 0.1) is 11.3 Å². The van der Waals surface area contributed by atoms with Gasteiger partial charge in [-0.05, 0) is 29.7 Å². The minimum absolute atomic E-state index is 0.0858. The van der Waals surface area contributed by atoms with Crippen LogP contribution < -0.4 is 5.32 Å². The molecule has 0 radical (unpaired) electrons. The Kier molecular flexibility index (Phi) is 7.39. The van der Waals surface area contributed by atoms with Crippen molar-refractivity contribution >= 4 is 5.91 Å². The average Bonchev–Trinajstić information content (AvgIpc) is 2.14. The van der Waals surface area contributed by atoms with Gasteiger partial charge in [0, 0.05) is 24.4 Å². The standard InChI is InChI=1S/C12H24N4O/c1-10(9-12(2,3)4)8-11(17)14-6-5-7-15-16-13/h10H,5-9H2,1-4H3,(H,14,17). The van der Waals surface area contributed by atoms with Gasteiger partial charge in [0.1, 0.15) is 0 Å². The highest BCUT2D eigenvalue weighted by molar-refractivity contribution is 5.76. The smallest absolute Gasteiger partial charge is 0.220 e. The Bertz CT molecular complexity index is 277. The highest BCUT2D eigenvalue weighted by atomic mass is 16.1. The number of azide groups is 1. The third-order valence-corrected chi connectivity index (χ3v) is 2.31. The second-order valence-electron chi connectivity index (χ2n) is 5.73. The summed E-state index contributed by atoms with van der Waals surface area (Å²) in [5.41, 5.74) is 8.34. The van der Waals surface area contributed by atoms with E-state index < -0.39 is 0 Å². The lowest BCUT2D eigenvalue weighted by atomic mass is 9.84. The molecule has 0 saturated heterocycles. The first kappa shape index (κ1) is 15.8. The van der Waals surface area contributed by atoms with Gasteiger partial charge in [-0.1, -0.05) is 32.8 Å². The van der Waals surface area contributed by atoms with Gasteiger partial charge in [0.15, 0.2) is 0 Å². The van der Waals surface area contributed by atoms with E-state index in [1.165, 1.54) is 0 Å². The minimum atomic E-state index is 0.0858. The van der Waals surface area contributed by atoms with E-state index in [2.05, 4.69) is 43.0 Å². The van der Waals surface area contributed by atoms with Gasteiger partial charge in [0.2, 0.25) is 5.91 Å². The van der Waals surface area contributed by atoms with Crippen LogP contribution in [0.1, 0.15) is 47.0 Å². The highest BCUT2D eigenvalue weighted by Crippen LogP contribution is 2.25. The maximum atomic E-state index is 11.6. The van der Waals surface area contributed by atoms with E-state index >= 15 is 0 Å². The van der Waals surface area contributed by atoms with E-state index in [0.29, 0.717) is 31.8 Å². The lowest BCUT2D eigenvalue weighted by Gasteiger charge is -2.22. The summed E-state index contributed by atoms with van der Waals surface area (Å²) >= 11 is 0. The van der Waals surface area contributed by atoms with E-state index in [0.717, 1.165) is 6.42 Å². The molecule has 0 spiro atoms. The SMILES string of the molecule is CC(CC(=O)NCCCN=[N+]=[N-])CC(C)(C)C. The molecule has 0 aliphatic heterocycles. The molecule has 1 amide bonds. The molecule has 5 nitrogen and oxygen atoms in total. The predicted octanol–water partition coefficient (Wildman–Crippen LogP) is 3.27. The number of hydrogen-bond donors (Lipinski definition) is 1. The van der Waals surface area contributed by atoms with Crippen LogP contribution in [0.3, 0.4) is 0 Å². The molecule has 0 aliphatic carbocycles. The predicted molar refractivity (Wildman–Crippen MR) is 69.5 cm³/mol. The average molecular weight is 240 g/mol. The lowest BCUT2D eigenvalue weighted by Crippen LogP contribution is -2.27. The summed E-state index contributed by atoms with van der Waals surface area (Å²) < 4.78 is 0. The van der Waals surface area contributed by atoms with Crippen LogP contribution in [0.4, 0.5) is 0 Å². The van der Waals surface area contributed by atoms with Crippen LogP contribution in [-0.2, 0) is 4.79 Å². The van der Waals surface area contributed by atoms with E-state index in [1.807, 2.05) is 0 Å². The first-order valence-electron chi connectivity index (χ1n) is 6.12. The molecule has 1 unspecified atom stereocenters. The lowest BCUT2D eigenvalue weighted by molar-refractivity contribution is -0.122. The molecule has 0 aliphatic rings. The van der Waals surface area contributed by atoms with Crippen molar-refractivity contribution in [2.24, 2.45) is 16.4 Å². The summed E-state index contributed by atoms with van der Waals surface area (Å²) in [6, 6.07) is 0. The molecule has 0 aromatic carbocycles. The van der Waals surface area contributed by atoms with Crippen LogP contribution in [-0.4, -0.2) is 19.0 Å². The fourth-order valence-electron chi connectivity index (χ4n) is 1.93. The largest absolute Gasteiger partial charge is 0.356 e. The zero-order chi connectivity index (χ0) is 13.3. The number of rotatable bonds is 7. The van der Waals surface area contributed by atoms with Crippen molar-refractivity contribution in [2.75, 3.05) is 13.1 Å². The van der Waals surface area contributed by atoms with Crippen LogP contribution in [0.2, 0.25) is 0 Å². The van der Waals surface area contributed by atoms with Crippen molar-refractivity contribution in [2.45, 2.75) is 47.0 Å². The maximum absolute atomic E-state index is 11.6. The van der Waals surface area contributed by atoms with Crippen molar-refractivity contribution in [3.63, 3.8) is 0 Å². The van der Waals surface area contributed by atoms with Gasteiger partial charge >= 0.3 is 0 Å². The number of nitrogens with zero attached hydrogens (tertiary/aromatic N) is 3. The molecule has 0 aromatic heterocycles. The summed E-state index contributed by atoms with van der Waals surface area (Å²) in [7, 11) is 0. The molecule has 0 bridgehead atoms. The summed E-state index contributed by atoms with van der Waals surface area (Å²) in [5.74, 6) is 0.481. The molecular formula is C12H24N4O. The maximum Gasteiger partial charge on any atom is 0.220 e. The number of carbonyl (C=O) groups excluding carboxylic acids is 1. The number of carbonyl (C=O) groups is 1. The Morgan fingerprint density at radius 2 is 2.12 bits per heavy atom. The number of hydrogen-bond acceptors (Lipinski definition) is 2. The number of nitrogens with one attached hydrogen (secondary N) is 1. The summed E-state index contributed by atoms with van der Waals surface area (Å²) in [5, 5.41) is 6.24. The molecule has 1 N–H and O–H groups in total. The van der Waals surface area contributed by atoms with Gasteiger partial charge in [-0.25, -0.2) is 0 Å². The van der Waals surface area contributed by atoms with Gasteiger partial charge in [-0.2, -0.15) is 0 Å². The van der Waals surface area contributed by atoms with Crippen molar-refractivity contribution < 1.29 is 4.79 Å². The topological polar surface area (TPSA) is 77.9 Å². The fourth-order valence-corrected chi connectivity index (χ4v) is 1.93. The molecule has 5 heteroatoms. The first-order chi connectivity index (χ1) is 7.85. The third kappa shape index (κ3) is 11.1. The van der Waals surface area contributed by atoms with E-state index in [4.69, 9.17) is 5.53 Å². The zero-order valence-electron chi connectivity index (χ0n) is 11.4. The van der Waals surface area contributed by atoms with Gasteiger partial charge in [-0.15, -0.1) is 0 Å². The Balaban J connectivity index is 3.67. The zero-order valence-corrected chi connectivity index (χ0v) is 11.4. The Hall–Kier alpha value is -1.22. The molecule has 0 rings (SSSR count). The summed E-state index contributed by atoms with van der Waals surface area (Å²) in [4.78, 5) is 14.2. The summed E-state index contributed by atoms with van der Waals surface area (Å²) in [6.45, 7) is 9.67. The Labute approximate surface area is 104 Å². The molecule has 0 aromatic rings. The first-order valence-corrected chi connectivity index (χ1v) is 6.12. The second-order valence-corrected chi connectivity index (χ2v) is 5.73. The van der Waals surface area contributed by atoms with Crippen LogP contribution in [0.15, 0.2) is 5.11 Å². The molecule has 0 fully saturated rings. The minimum Gasteiger partial charge on any atom is -0.356 e. The quantitative estimate of drug-likeness (QED) is 0.315. The van der Waals surface area contributed by atoms with Crippen LogP contribution >= 0.6 is 0 Å². The van der Waals surface area contributed by atoms with Crippen molar-refractivity contribution in [3.05, 3.63) is 10.4 Å². The van der Waals surface area contributed by atoms with Crippen molar-refractivity contribution in [1.82, 2.24) is 5.32 Å². The molecule has 17 heavy (non-hydrogen) atoms. The summed E-state index contributed by atoms with van der Waals surface area (Å²) in [6.07, 6.45) is 2.31. The van der Waals surface area contributed by atoms with Gasteiger partial charge in [0.25, 0.3) is 0 Å². The van der Waals surface area contributed by atoms with E-state index in [-0.39, 0.29) is 11.3 Å². The molecule has 98 valence electrons. The van der Waals surface area contributed by atoms with Crippen molar-refractivity contribution in [3.8, 4) is 0 Å². The van der Waals surface area contributed by atoms with Gasteiger partial charge < -0.3 is 5.32 Å². The fraction of sp³-hybridized carbons (Fsp3) is 0.917. The van der Waals surface area contributed by atoms with Gasteiger partial charge in [-0.3, -0.25) is 4.79 Å². The van der Waals surface area contributed by atoms with Crippen LogP contribution in [0.25, 0.3) is 10.4 Å². The van der Waals surface area contributed by atoms with Crippen LogP contribution in [0.5, 0.6) is 0 Å². The van der Waals surface area contributed by atoms with Gasteiger partial charge in [0.05, 0.1) is 0 Å². The molecule has 1 atom stereocenters. The van der Waals surface area contributed by atoms with Crippen molar-refractivity contribution in [1.29, 1.82) is 0 Å². The van der Waals surface area contributed by atoms with E-state index in [9.17, 15) is 4.79 Å². The highest BCUT2D eigenvalue weighted by Gasteiger charge is 2.17. The molecule has 0 saturated carbocycles. The normalized spacial score (nSPS) is 12.7. The second kappa shape index (κ2) is 7.96. The molecule has 0 heterocycles. The van der Waals surface area contributed by atoms with E-state index in [1.54, 1.807) is 0 Å². The number of amides is 1. The third-order valence-electron chi connectivity index (χ3n) is 2.31.